The fraction of sp³-hybridized carbons (Fsp3) is 0.324. The summed E-state index contributed by atoms with van der Waals surface area (Å²) in [6.45, 7) is 16.6. The molecule has 41 heavy (non-hydrogen) atoms. The Balaban J connectivity index is 1.77. The van der Waals surface area contributed by atoms with Gasteiger partial charge in [-0.1, -0.05) is 84.9 Å². The molecule has 0 fully saturated rings. The van der Waals surface area contributed by atoms with E-state index in [0.29, 0.717) is 16.7 Å². The number of imidazole rings is 1. The van der Waals surface area contributed by atoms with Crippen LogP contribution in [0.1, 0.15) is 85.3 Å². The van der Waals surface area contributed by atoms with Gasteiger partial charge in [-0.3, -0.25) is 4.57 Å². The van der Waals surface area contributed by atoms with Crippen LogP contribution in [0.3, 0.4) is 0 Å². The van der Waals surface area contributed by atoms with Crippen LogP contribution in [0.4, 0.5) is 4.39 Å². The molecule has 0 aliphatic rings. The summed E-state index contributed by atoms with van der Waals surface area (Å²) in [5.74, 6) is 0.640. The largest absolute Gasteiger partial charge is 0.455 e. The second-order valence-electron chi connectivity index (χ2n) is 12.8. The fourth-order valence-electron chi connectivity index (χ4n) is 5.93. The molecule has 0 aliphatic heterocycles. The summed E-state index contributed by atoms with van der Waals surface area (Å²) in [7, 11) is 0. The molecule has 6 aromatic rings. The van der Waals surface area contributed by atoms with Crippen LogP contribution in [0.25, 0.3) is 50.0 Å². The number of hydrogen-bond acceptors (Lipinski definition) is 2. The molecular formula is C37H39FN2O. The Kier molecular flexibility index (Phi) is 5.98. The molecule has 0 bridgehead atoms. The van der Waals surface area contributed by atoms with Crippen molar-refractivity contribution in [3.05, 3.63) is 94.8 Å². The number of benzene rings is 4. The van der Waals surface area contributed by atoms with E-state index >= 15 is 0 Å². The van der Waals surface area contributed by atoms with Crippen molar-refractivity contribution in [3.8, 4) is 17.1 Å². The van der Waals surface area contributed by atoms with Gasteiger partial charge < -0.3 is 4.42 Å². The summed E-state index contributed by atoms with van der Waals surface area (Å²) in [6.07, 6.45) is -1.54. The van der Waals surface area contributed by atoms with E-state index < -0.39 is 11.8 Å². The quantitative estimate of drug-likeness (QED) is 0.214. The van der Waals surface area contributed by atoms with E-state index in [2.05, 4.69) is 63.5 Å². The van der Waals surface area contributed by atoms with Crippen molar-refractivity contribution in [2.75, 3.05) is 0 Å². The molecule has 4 heteroatoms. The first-order valence-electron chi connectivity index (χ1n) is 15.5. The molecule has 0 amide bonds. The summed E-state index contributed by atoms with van der Waals surface area (Å²) in [6, 6.07) is 21.0. The highest BCUT2D eigenvalue weighted by atomic mass is 19.1. The van der Waals surface area contributed by atoms with Crippen LogP contribution in [0.15, 0.2) is 71.1 Å². The van der Waals surface area contributed by atoms with Gasteiger partial charge >= 0.3 is 0 Å². The number of fused-ring (bicyclic) bond motifs is 4. The number of aromatic nitrogens is 2. The van der Waals surface area contributed by atoms with Gasteiger partial charge in [0.05, 0.1) is 22.3 Å². The number of para-hydroxylation sites is 2. The molecule has 0 aliphatic carbocycles. The molecule has 0 atom stereocenters. The minimum Gasteiger partial charge on any atom is -0.455 e. The number of hydrogen-bond donors (Lipinski definition) is 0. The third-order valence-corrected chi connectivity index (χ3v) is 7.75. The van der Waals surface area contributed by atoms with Crippen LogP contribution < -0.4 is 0 Å². The standard InChI is InChI=1S/C37H39FN2O/c1-21(2)28-17-24(20-37(6,7)8)18-29(22(3)4)34(28)40-31-12-10-9-11-30(31)39-36(40)33-23(5)13-15-27-26-16-14-25(38)19-32(26)41-35(27)33/h9-19,21-22H,20H2,1-8H3/i20D2. The molecule has 0 saturated carbocycles. The predicted molar refractivity (Wildman–Crippen MR) is 170 cm³/mol. The van der Waals surface area contributed by atoms with Gasteiger partial charge in [0.2, 0.25) is 0 Å². The van der Waals surface area contributed by atoms with Gasteiger partial charge in [-0.05, 0) is 77.1 Å². The van der Waals surface area contributed by atoms with E-state index in [1.165, 1.54) is 12.1 Å². The lowest BCUT2D eigenvalue weighted by molar-refractivity contribution is 0.411. The lowest BCUT2D eigenvalue weighted by atomic mass is 9.83. The molecule has 210 valence electrons. The van der Waals surface area contributed by atoms with Crippen molar-refractivity contribution in [1.82, 2.24) is 9.55 Å². The molecule has 2 aromatic heterocycles. The Morgan fingerprint density at radius 3 is 2.22 bits per heavy atom. The average molecular weight is 549 g/mol. The molecule has 0 N–H and O–H groups in total. The minimum absolute atomic E-state index is 0.114. The Morgan fingerprint density at radius 1 is 0.902 bits per heavy atom. The first kappa shape index (κ1) is 24.8. The molecule has 0 saturated heterocycles. The van der Waals surface area contributed by atoms with Crippen molar-refractivity contribution >= 4 is 33.0 Å². The third-order valence-electron chi connectivity index (χ3n) is 7.75. The molecule has 3 nitrogen and oxygen atoms in total. The third kappa shape index (κ3) is 4.73. The SMILES string of the molecule is [2H]C([2H])(c1cc(C(C)C)c(-n2c(-c3c(C)ccc4c3oc3cc(F)ccc34)nc3ccccc32)c(C(C)C)c1)C(C)(C)C. The zero-order valence-electron chi connectivity index (χ0n) is 27.2. The maximum absolute atomic E-state index is 14.2. The fourth-order valence-corrected chi connectivity index (χ4v) is 5.93. The van der Waals surface area contributed by atoms with Gasteiger partial charge in [-0.2, -0.15) is 0 Å². The summed E-state index contributed by atoms with van der Waals surface area (Å²) in [5, 5.41) is 1.77. The number of furan rings is 1. The van der Waals surface area contributed by atoms with Crippen LogP contribution in [0.2, 0.25) is 0 Å². The highest BCUT2D eigenvalue weighted by molar-refractivity contribution is 6.10. The van der Waals surface area contributed by atoms with E-state index in [4.69, 9.17) is 12.1 Å². The second-order valence-corrected chi connectivity index (χ2v) is 12.8. The lowest BCUT2D eigenvalue weighted by Crippen LogP contribution is -2.14. The van der Waals surface area contributed by atoms with E-state index in [-0.39, 0.29) is 17.7 Å². The molecule has 0 spiro atoms. The molecule has 4 aromatic carbocycles. The van der Waals surface area contributed by atoms with Gasteiger partial charge in [0, 0.05) is 19.6 Å². The Hall–Kier alpha value is -3.92. The minimum atomic E-state index is -1.54. The Morgan fingerprint density at radius 2 is 1.56 bits per heavy atom. The summed E-state index contributed by atoms with van der Waals surface area (Å²) >= 11 is 0. The predicted octanol–water partition coefficient (Wildman–Crippen LogP) is 10.9. The van der Waals surface area contributed by atoms with Crippen LogP contribution in [-0.2, 0) is 6.37 Å². The van der Waals surface area contributed by atoms with Crippen molar-refractivity contribution in [2.45, 2.75) is 73.6 Å². The zero-order valence-corrected chi connectivity index (χ0v) is 25.2. The van der Waals surface area contributed by atoms with E-state index in [9.17, 15) is 4.39 Å². The molecule has 6 rings (SSSR count). The number of rotatable bonds is 5. The zero-order chi connectivity index (χ0) is 31.0. The highest BCUT2D eigenvalue weighted by Gasteiger charge is 2.26. The molecule has 0 radical (unpaired) electrons. The lowest BCUT2D eigenvalue weighted by Gasteiger charge is -2.26. The normalized spacial score (nSPS) is 13.6. The van der Waals surface area contributed by atoms with E-state index in [1.807, 2.05) is 45.0 Å². The van der Waals surface area contributed by atoms with Crippen molar-refractivity contribution in [1.29, 1.82) is 0 Å². The maximum atomic E-state index is 14.2. The van der Waals surface area contributed by atoms with E-state index in [0.717, 1.165) is 55.6 Å². The maximum Gasteiger partial charge on any atom is 0.149 e. The summed E-state index contributed by atoms with van der Waals surface area (Å²) in [4.78, 5) is 5.22. The molecule has 2 heterocycles. The van der Waals surface area contributed by atoms with Crippen LogP contribution in [-0.4, -0.2) is 9.55 Å². The van der Waals surface area contributed by atoms with Crippen molar-refractivity contribution < 1.29 is 11.5 Å². The van der Waals surface area contributed by atoms with E-state index in [1.54, 1.807) is 6.07 Å². The van der Waals surface area contributed by atoms with Crippen molar-refractivity contribution in [3.63, 3.8) is 0 Å². The summed E-state index contributed by atoms with van der Waals surface area (Å²) < 4.78 is 41.1. The first-order chi connectivity index (χ1) is 20.2. The van der Waals surface area contributed by atoms with Gasteiger partial charge in [0.1, 0.15) is 22.8 Å². The first-order valence-corrected chi connectivity index (χ1v) is 14.5. The second kappa shape index (κ2) is 9.87. The Bertz CT molecular complexity index is 2000. The highest BCUT2D eigenvalue weighted by Crippen LogP contribution is 2.43. The van der Waals surface area contributed by atoms with Gasteiger partial charge in [-0.25, -0.2) is 9.37 Å². The van der Waals surface area contributed by atoms with Crippen molar-refractivity contribution in [2.24, 2.45) is 5.41 Å². The average Bonchev–Trinajstić information content (AvgIpc) is 3.49. The number of nitrogens with zero attached hydrogens (tertiary/aromatic N) is 2. The molecular weight excluding hydrogens is 507 g/mol. The smallest absolute Gasteiger partial charge is 0.149 e. The number of halogens is 1. The Labute approximate surface area is 244 Å². The van der Waals surface area contributed by atoms with Gasteiger partial charge in [0.15, 0.2) is 0 Å². The monoisotopic (exact) mass is 548 g/mol. The molecule has 0 unspecified atom stereocenters. The van der Waals surface area contributed by atoms with Crippen LogP contribution >= 0.6 is 0 Å². The van der Waals surface area contributed by atoms with Gasteiger partial charge in [-0.15, -0.1) is 0 Å². The van der Waals surface area contributed by atoms with Crippen LogP contribution in [0, 0.1) is 18.2 Å². The van der Waals surface area contributed by atoms with Crippen LogP contribution in [0.5, 0.6) is 0 Å². The topological polar surface area (TPSA) is 31.0 Å². The number of aryl methyl sites for hydroxylation is 1. The summed E-state index contributed by atoms with van der Waals surface area (Å²) in [5.41, 5.74) is 8.13. The van der Waals surface area contributed by atoms with Gasteiger partial charge in [0.25, 0.3) is 0 Å².